The fraction of sp³-hybridized carbons (Fsp3) is 0.389. The number of rotatable bonds is 4. The summed E-state index contributed by atoms with van der Waals surface area (Å²) in [6.45, 7) is 2.24. The maximum Gasteiger partial charge on any atom is 0.323 e. The van der Waals surface area contributed by atoms with Crippen molar-refractivity contribution in [2.24, 2.45) is 0 Å². The SMILES string of the molecule is O=C(NC[C@@H]1CCCO1)c1ccc(NC(=O)N2Cc3ccncc3C2)nn1. The van der Waals surface area contributed by atoms with Crippen molar-refractivity contribution >= 4 is 17.8 Å². The molecule has 0 unspecified atom stereocenters. The number of carbonyl (C=O) groups excluding carboxylic acids is 2. The standard InChI is InChI=1S/C18H20N6O3/c25-17(20-9-14-2-1-7-27-14)15-3-4-16(23-22-15)21-18(26)24-10-12-5-6-19-8-13(12)11-24/h3-6,8,14H,1-2,7,9-11H2,(H,20,25)(H,21,23,26)/t14-/m0/s1. The van der Waals surface area contributed by atoms with Gasteiger partial charge in [0.2, 0.25) is 0 Å². The lowest BCUT2D eigenvalue weighted by Gasteiger charge is -2.15. The van der Waals surface area contributed by atoms with Crippen molar-refractivity contribution in [2.75, 3.05) is 18.5 Å². The predicted molar refractivity (Wildman–Crippen MR) is 95.8 cm³/mol. The van der Waals surface area contributed by atoms with Crippen molar-refractivity contribution < 1.29 is 14.3 Å². The molecule has 2 aromatic heterocycles. The number of fused-ring (bicyclic) bond motifs is 1. The first kappa shape index (κ1) is 17.3. The van der Waals surface area contributed by atoms with Gasteiger partial charge in [-0.05, 0) is 42.2 Å². The van der Waals surface area contributed by atoms with Crippen molar-refractivity contribution in [3.8, 4) is 0 Å². The van der Waals surface area contributed by atoms with Crippen molar-refractivity contribution in [3.05, 3.63) is 47.4 Å². The monoisotopic (exact) mass is 368 g/mol. The van der Waals surface area contributed by atoms with E-state index in [4.69, 9.17) is 4.74 Å². The van der Waals surface area contributed by atoms with Crippen LogP contribution in [-0.4, -0.2) is 51.3 Å². The van der Waals surface area contributed by atoms with Crippen LogP contribution in [-0.2, 0) is 17.8 Å². The van der Waals surface area contributed by atoms with Crippen LogP contribution in [0.3, 0.4) is 0 Å². The molecule has 140 valence electrons. The normalized spacial score (nSPS) is 18.2. The van der Waals surface area contributed by atoms with Crippen LogP contribution in [0.25, 0.3) is 0 Å². The molecule has 0 aromatic carbocycles. The van der Waals surface area contributed by atoms with Crippen LogP contribution in [0.2, 0.25) is 0 Å². The molecule has 3 amide bonds. The van der Waals surface area contributed by atoms with E-state index in [1.54, 1.807) is 23.4 Å². The summed E-state index contributed by atoms with van der Waals surface area (Å²) in [5.74, 6) is -0.0110. The quantitative estimate of drug-likeness (QED) is 0.843. The summed E-state index contributed by atoms with van der Waals surface area (Å²) < 4.78 is 5.47. The van der Waals surface area contributed by atoms with Gasteiger partial charge in [-0.25, -0.2) is 4.79 Å². The molecule has 1 atom stereocenters. The van der Waals surface area contributed by atoms with Gasteiger partial charge in [0.15, 0.2) is 11.5 Å². The number of hydrogen-bond donors (Lipinski definition) is 2. The number of carbonyl (C=O) groups is 2. The first-order chi connectivity index (χ1) is 13.2. The Morgan fingerprint density at radius 3 is 2.81 bits per heavy atom. The van der Waals surface area contributed by atoms with Crippen molar-refractivity contribution in [2.45, 2.75) is 32.0 Å². The Kier molecular flexibility index (Phi) is 4.93. The minimum absolute atomic E-state index is 0.0697. The van der Waals surface area contributed by atoms with E-state index in [9.17, 15) is 9.59 Å². The molecule has 2 aliphatic rings. The Bertz CT molecular complexity index is 810. The number of amides is 3. The summed E-state index contributed by atoms with van der Waals surface area (Å²) in [6.07, 6.45) is 5.53. The van der Waals surface area contributed by atoms with E-state index in [2.05, 4.69) is 25.8 Å². The lowest BCUT2D eigenvalue weighted by molar-refractivity contribution is 0.0853. The van der Waals surface area contributed by atoms with Gasteiger partial charge < -0.3 is 15.0 Å². The second-order valence-electron chi connectivity index (χ2n) is 6.58. The third kappa shape index (κ3) is 4.03. The van der Waals surface area contributed by atoms with E-state index in [1.807, 2.05) is 6.07 Å². The van der Waals surface area contributed by atoms with Gasteiger partial charge in [0, 0.05) is 38.6 Å². The van der Waals surface area contributed by atoms with E-state index in [0.717, 1.165) is 30.6 Å². The zero-order valence-electron chi connectivity index (χ0n) is 14.7. The molecule has 4 heterocycles. The first-order valence-corrected chi connectivity index (χ1v) is 8.90. The Morgan fingerprint density at radius 2 is 2.07 bits per heavy atom. The number of aromatic nitrogens is 3. The van der Waals surface area contributed by atoms with Crippen LogP contribution < -0.4 is 10.6 Å². The molecule has 0 radical (unpaired) electrons. The van der Waals surface area contributed by atoms with E-state index in [-0.39, 0.29) is 23.7 Å². The number of nitrogens with one attached hydrogen (secondary N) is 2. The molecular formula is C18H20N6O3. The fourth-order valence-corrected chi connectivity index (χ4v) is 3.17. The average molecular weight is 368 g/mol. The third-order valence-electron chi connectivity index (χ3n) is 4.66. The van der Waals surface area contributed by atoms with E-state index < -0.39 is 0 Å². The fourth-order valence-electron chi connectivity index (χ4n) is 3.17. The molecule has 2 aromatic rings. The van der Waals surface area contributed by atoms with Crippen LogP contribution in [0.4, 0.5) is 10.6 Å². The maximum absolute atomic E-state index is 12.4. The van der Waals surface area contributed by atoms with Gasteiger partial charge >= 0.3 is 6.03 Å². The molecule has 1 saturated heterocycles. The number of anilines is 1. The Hall–Kier alpha value is -3.07. The molecule has 9 nitrogen and oxygen atoms in total. The third-order valence-corrected chi connectivity index (χ3v) is 4.66. The minimum atomic E-state index is -0.307. The molecule has 1 fully saturated rings. The van der Waals surface area contributed by atoms with Crippen LogP contribution in [0.15, 0.2) is 30.6 Å². The summed E-state index contributed by atoms with van der Waals surface area (Å²) >= 11 is 0. The van der Waals surface area contributed by atoms with E-state index in [0.29, 0.717) is 25.5 Å². The first-order valence-electron chi connectivity index (χ1n) is 8.90. The number of ether oxygens (including phenoxy) is 1. The van der Waals surface area contributed by atoms with Gasteiger partial charge in [0.1, 0.15) is 0 Å². The highest BCUT2D eigenvalue weighted by Gasteiger charge is 2.23. The number of nitrogens with zero attached hydrogens (tertiary/aromatic N) is 4. The zero-order chi connectivity index (χ0) is 18.6. The van der Waals surface area contributed by atoms with Gasteiger partial charge in [-0.3, -0.25) is 15.1 Å². The molecule has 0 bridgehead atoms. The highest BCUT2D eigenvalue weighted by molar-refractivity contribution is 5.93. The van der Waals surface area contributed by atoms with Crippen LogP contribution in [0.5, 0.6) is 0 Å². The second kappa shape index (κ2) is 7.67. The van der Waals surface area contributed by atoms with Crippen LogP contribution >= 0.6 is 0 Å². The average Bonchev–Trinajstić information content (AvgIpc) is 3.36. The van der Waals surface area contributed by atoms with Gasteiger partial charge in [-0.1, -0.05) is 0 Å². The Balaban J connectivity index is 1.30. The molecule has 0 aliphatic carbocycles. The zero-order valence-corrected chi connectivity index (χ0v) is 14.7. The Morgan fingerprint density at radius 1 is 1.19 bits per heavy atom. The van der Waals surface area contributed by atoms with Crippen LogP contribution in [0.1, 0.15) is 34.5 Å². The molecule has 0 saturated carbocycles. The van der Waals surface area contributed by atoms with Crippen molar-refractivity contribution in [3.63, 3.8) is 0 Å². The molecular weight excluding hydrogens is 348 g/mol. The molecule has 9 heteroatoms. The van der Waals surface area contributed by atoms with E-state index >= 15 is 0 Å². The predicted octanol–water partition coefficient (Wildman–Crippen LogP) is 1.33. The molecule has 2 N–H and O–H groups in total. The summed E-state index contributed by atoms with van der Waals surface area (Å²) in [4.78, 5) is 30.2. The number of pyridine rings is 1. The lowest BCUT2D eigenvalue weighted by Crippen LogP contribution is -2.33. The van der Waals surface area contributed by atoms with E-state index in [1.165, 1.54) is 6.07 Å². The van der Waals surface area contributed by atoms with Crippen molar-refractivity contribution in [1.29, 1.82) is 0 Å². The topological polar surface area (TPSA) is 109 Å². The molecule has 4 rings (SSSR count). The van der Waals surface area contributed by atoms with Gasteiger partial charge in [-0.15, -0.1) is 10.2 Å². The molecule has 0 spiro atoms. The summed E-state index contributed by atoms with van der Waals surface area (Å²) in [5.41, 5.74) is 2.33. The molecule has 2 aliphatic heterocycles. The van der Waals surface area contributed by atoms with Crippen molar-refractivity contribution in [1.82, 2.24) is 25.4 Å². The molecule has 27 heavy (non-hydrogen) atoms. The summed E-state index contributed by atoms with van der Waals surface area (Å²) in [6, 6.07) is 4.75. The highest BCUT2D eigenvalue weighted by Crippen LogP contribution is 2.21. The maximum atomic E-state index is 12.4. The van der Waals surface area contributed by atoms with Gasteiger partial charge in [0.25, 0.3) is 5.91 Å². The largest absolute Gasteiger partial charge is 0.376 e. The number of urea groups is 1. The summed E-state index contributed by atoms with van der Waals surface area (Å²) in [7, 11) is 0. The smallest absolute Gasteiger partial charge is 0.323 e. The number of hydrogen-bond acceptors (Lipinski definition) is 6. The van der Waals surface area contributed by atoms with Gasteiger partial charge in [0.05, 0.1) is 6.10 Å². The lowest BCUT2D eigenvalue weighted by atomic mass is 10.2. The van der Waals surface area contributed by atoms with Gasteiger partial charge in [-0.2, -0.15) is 0 Å². The Labute approximate surface area is 156 Å². The highest BCUT2D eigenvalue weighted by atomic mass is 16.5. The second-order valence-corrected chi connectivity index (χ2v) is 6.58. The van der Waals surface area contributed by atoms with Crippen LogP contribution in [0, 0.1) is 0 Å². The summed E-state index contributed by atoms with van der Waals surface area (Å²) in [5, 5.41) is 13.3. The minimum Gasteiger partial charge on any atom is -0.376 e.